The van der Waals surface area contributed by atoms with Crippen LogP contribution in [0.1, 0.15) is 18.1 Å². The Hall–Kier alpha value is -2.07. The average Bonchev–Trinajstić information content (AvgIpc) is 3.08. The fraction of sp³-hybridized carbons (Fsp3) is 0.417. The summed E-state index contributed by atoms with van der Waals surface area (Å²) < 4.78 is 31.1. The number of anilines is 1. The van der Waals surface area contributed by atoms with Crippen molar-refractivity contribution in [3.8, 4) is 0 Å². The molecule has 2 aromatic rings. The molecular weight excluding hydrogens is 316 g/mol. The topological polar surface area (TPSA) is 72.3 Å². The Morgan fingerprint density at radius 3 is 3.05 bits per heavy atom. The van der Waals surface area contributed by atoms with Crippen LogP contribution in [-0.4, -0.2) is 39.6 Å². The molecule has 0 unspecified atom stereocenters. The number of nitrogens with one attached hydrogen (secondary N) is 1. The van der Waals surface area contributed by atoms with Gasteiger partial charge in [0.05, 0.1) is 18.8 Å². The Kier molecular flexibility index (Phi) is 5.39. The van der Waals surface area contributed by atoms with Gasteiger partial charge >= 0.3 is 12.6 Å². The number of halogens is 2. The van der Waals surface area contributed by atoms with Crippen LogP contribution in [0, 0.1) is 0 Å². The van der Waals surface area contributed by atoms with Gasteiger partial charge in [0.25, 0.3) is 0 Å². The molecule has 0 aromatic carbocycles. The fourth-order valence-corrected chi connectivity index (χ4v) is 2.38. The number of amides is 2. The second-order valence-corrected chi connectivity index (χ2v) is 5.25. The molecule has 2 rings (SSSR count). The number of alkyl halides is 2. The third kappa shape index (κ3) is 3.98. The summed E-state index contributed by atoms with van der Waals surface area (Å²) >= 11 is 1.26. The number of thiazole rings is 1. The van der Waals surface area contributed by atoms with Gasteiger partial charge in [0.15, 0.2) is 5.13 Å². The molecule has 0 radical (unpaired) electrons. The fourth-order valence-electron chi connectivity index (χ4n) is 1.69. The number of hydrogen-bond donors (Lipinski definition) is 1. The molecule has 7 nitrogen and oxygen atoms in total. The van der Waals surface area contributed by atoms with E-state index in [1.54, 1.807) is 12.5 Å². The Labute approximate surface area is 129 Å². The number of rotatable bonds is 6. The number of aromatic nitrogens is 3. The second kappa shape index (κ2) is 7.27. The van der Waals surface area contributed by atoms with E-state index in [1.165, 1.54) is 35.7 Å². The maximum Gasteiger partial charge on any atom is 0.323 e. The summed E-state index contributed by atoms with van der Waals surface area (Å²) in [5, 5.41) is 4.78. The number of imidazole rings is 1. The van der Waals surface area contributed by atoms with Crippen molar-refractivity contribution < 1.29 is 18.3 Å². The summed E-state index contributed by atoms with van der Waals surface area (Å²) in [6, 6.07) is -0.456. The molecule has 0 bridgehead atoms. The molecule has 0 saturated carbocycles. The molecule has 2 heterocycles. The van der Waals surface area contributed by atoms with Crippen LogP contribution in [0.15, 0.2) is 17.8 Å². The lowest BCUT2D eigenvalue weighted by Gasteiger charge is -2.17. The van der Waals surface area contributed by atoms with Gasteiger partial charge in [0, 0.05) is 31.9 Å². The minimum atomic E-state index is -2.69. The van der Waals surface area contributed by atoms with E-state index in [4.69, 9.17) is 4.74 Å². The van der Waals surface area contributed by atoms with Gasteiger partial charge in [-0.05, 0) is 0 Å². The molecule has 0 aliphatic rings. The summed E-state index contributed by atoms with van der Waals surface area (Å²) in [4.78, 5) is 21.2. The zero-order valence-electron chi connectivity index (χ0n) is 12.0. The standard InChI is InChI=1S/C12H15F2N5O2S/c1-18(5-9-15-3-4-19(9)10(13)14)12(20)17-11-16-8(6-21-2)7-22-11/h3-4,7,10H,5-6H2,1-2H3,(H,16,17,20). The van der Waals surface area contributed by atoms with Crippen LogP contribution in [0.4, 0.5) is 18.7 Å². The van der Waals surface area contributed by atoms with Crippen molar-refractivity contribution in [1.82, 2.24) is 19.4 Å². The van der Waals surface area contributed by atoms with Crippen LogP contribution in [-0.2, 0) is 17.9 Å². The van der Waals surface area contributed by atoms with Crippen LogP contribution in [0.25, 0.3) is 0 Å². The van der Waals surface area contributed by atoms with Gasteiger partial charge in [-0.15, -0.1) is 11.3 Å². The SMILES string of the molecule is COCc1csc(NC(=O)N(C)Cc2nccn2C(F)F)n1. The molecule has 2 amide bonds. The number of carbonyl (C=O) groups excluding carboxylic acids is 1. The molecule has 0 spiro atoms. The van der Waals surface area contributed by atoms with Gasteiger partial charge in [0.1, 0.15) is 5.82 Å². The smallest absolute Gasteiger partial charge is 0.323 e. The van der Waals surface area contributed by atoms with Gasteiger partial charge in [-0.2, -0.15) is 8.78 Å². The minimum absolute atomic E-state index is 0.0422. The van der Waals surface area contributed by atoms with Crippen LogP contribution in [0.2, 0.25) is 0 Å². The lowest BCUT2D eigenvalue weighted by molar-refractivity contribution is 0.0652. The van der Waals surface area contributed by atoms with E-state index in [9.17, 15) is 13.6 Å². The first-order valence-electron chi connectivity index (χ1n) is 6.26. The van der Waals surface area contributed by atoms with Gasteiger partial charge in [-0.25, -0.2) is 14.8 Å². The Bertz CT molecular complexity index is 631. The van der Waals surface area contributed by atoms with Gasteiger partial charge < -0.3 is 9.64 Å². The Morgan fingerprint density at radius 1 is 1.59 bits per heavy atom. The first-order valence-corrected chi connectivity index (χ1v) is 7.14. The molecule has 0 aliphatic carbocycles. The zero-order valence-corrected chi connectivity index (χ0v) is 12.8. The van der Waals surface area contributed by atoms with Crippen LogP contribution in [0.3, 0.4) is 0 Å². The highest BCUT2D eigenvalue weighted by Gasteiger charge is 2.17. The Morgan fingerprint density at radius 2 is 2.36 bits per heavy atom. The maximum atomic E-state index is 12.7. The summed E-state index contributed by atoms with van der Waals surface area (Å²) in [6.45, 7) is -2.38. The molecule has 0 aliphatic heterocycles. The summed E-state index contributed by atoms with van der Waals surface area (Å²) in [6.07, 6.45) is 2.44. The summed E-state index contributed by atoms with van der Waals surface area (Å²) in [5.41, 5.74) is 0.707. The van der Waals surface area contributed by atoms with E-state index in [0.717, 1.165) is 0 Å². The number of urea groups is 1. The molecule has 0 fully saturated rings. The van der Waals surface area contributed by atoms with Crippen molar-refractivity contribution >= 4 is 22.5 Å². The van der Waals surface area contributed by atoms with Gasteiger partial charge in [0.2, 0.25) is 0 Å². The zero-order chi connectivity index (χ0) is 16.1. The highest BCUT2D eigenvalue weighted by molar-refractivity contribution is 7.13. The van der Waals surface area contributed by atoms with Crippen LogP contribution >= 0.6 is 11.3 Å². The predicted molar refractivity (Wildman–Crippen MR) is 76.8 cm³/mol. The van der Waals surface area contributed by atoms with Crippen molar-refractivity contribution in [2.45, 2.75) is 19.7 Å². The highest BCUT2D eigenvalue weighted by Crippen LogP contribution is 2.17. The molecule has 0 atom stereocenters. The molecule has 120 valence electrons. The second-order valence-electron chi connectivity index (χ2n) is 4.39. The first-order chi connectivity index (χ1) is 10.5. The van der Waals surface area contributed by atoms with E-state index >= 15 is 0 Å². The molecule has 0 saturated heterocycles. The largest absolute Gasteiger partial charge is 0.378 e. The average molecular weight is 331 g/mol. The molecule has 1 N–H and O–H groups in total. The lowest BCUT2D eigenvalue weighted by atomic mass is 10.5. The number of carbonyl (C=O) groups is 1. The first kappa shape index (κ1) is 16.3. The normalized spacial score (nSPS) is 11.0. The Balaban J connectivity index is 1.95. The third-order valence-corrected chi connectivity index (χ3v) is 3.55. The number of methoxy groups -OCH3 is 1. The molecule has 10 heteroatoms. The van der Waals surface area contributed by atoms with E-state index in [-0.39, 0.29) is 12.4 Å². The predicted octanol–water partition coefficient (Wildman–Crippen LogP) is 2.55. The summed E-state index contributed by atoms with van der Waals surface area (Å²) in [5.74, 6) is 0.104. The monoisotopic (exact) mass is 331 g/mol. The number of ether oxygens (including phenoxy) is 1. The van der Waals surface area contributed by atoms with Gasteiger partial charge in [-0.1, -0.05) is 0 Å². The van der Waals surface area contributed by atoms with E-state index < -0.39 is 12.6 Å². The van der Waals surface area contributed by atoms with Crippen molar-refractivity contribution in [2.75, 3.05) is 19.5 Å². The quantitative estimate of drug-likeness (QED) is 0.883. The van der Waals surface area contributed by atoms with Gasteiger partial charge in [-0.3, -0.25) is 9.88 Å². The third-order valence-electron chi connectivity index (χ3n) is 2.74. The number of hydrogen-bond acceptors (Lipinski definition) is 5. The van der Waals surface area contributed by atoms with Crippen molar-refractivity contribution in [3.05, 3.63) is 29.3 Å². The molecule has 22 heavy (non-hydrogen) atoms. The molecule has 2 aromatic heterocycles. The minimum Gasteiger partial charge on any atom is -0.378 e. The number of nitrogens with zero attached hydrogens (tertiary/aromatic N) is 4. The van der Waals surface area contributed by atoms with Crippen molar-refractivity contribution in [2.24, 2.45) is 0 Å². The van der Waals surface area contributed by atoms with E-state index in [2.05, 4.69) is 15.3 Å². The van der Waals surface area contributed by atoms with E-state index in [0.29, 0.717) is 22.0 Å². The lowest BCUT2D eigenvalue weighted by Crippen LogP contribution is -2.32. The maximum absolute atomic E-state index is 12.7. The van der Waals surface area contributed by atoms with Crippen molar-refractivity contribution in [1.29, 1.82) is 0 Å². The van der Waals surface area contributed by atoms with E-state index in [1.807, 2.05) is 0 Å². The van der Waals surface area contributed by atoms with Crippen LogP contribution < -0.4 is 5.32 Å². The highest BCUT2D eigenvalue weighted by atomic mass is 32.1. The molecular formula is C12H15F2N5O2S. The van der Waals surface area contributed by atoms with Crippen molar-refractivity contribution in [3.63, 3.8) is 0 Å². The van der Waals surface area contributed by atoms with Crippen LogP contribution in [0.5, 0.6) is 0 Å². The summed E-state index contributed by atoms with van der Waals surface area (Å²) in [7, 11) is 3.04.